The summed E-state index contributed by atoms with van der Waals surface area (Å²) in [7, 11) is 0. The van der Waals surface area contributed by atoms with Crippen molar-refractivity contribution < 1.29 is 4.79 Å². The van der Waals surface area contributed by atoms with Crippen molar-refractivity contribution in [1.29, 1.82) is 0 Å². The topological polar surface area (TPSA) is 62.5 Å². The first-order valence-electron chi connectivity index (χ1n) is 5.50. The van der Waals surface area contributed by atoms with Crippen molar-refractivity contribution in [3.05, 3.63) is 17.3 Å². The standard InChI is InChI=1S/C11H15ClN4O/c1-8(17)15-2-4-16(5-3-15)11-7-9(13)6-10(12)14-11/h6-7H,2-5H2,1H3,(H2,13,14). The monoisotopic (exact) mass is 254 g/mol. The third-order valence-corrected chi connectivity index (χ3v) is 3.05. The second kappa shape index (κ2) is 4.79. The van der Waals surface area contributed by atoms with E-state index >= 15 is 0 Å². The fourth-order valence-electron chi connectivity index (χ4n) is 1.91. The van der Waals surface area contributed by atoms with E-state index in [1.807, 2.05) is 4.90 Å². The molecule has 2 rings (SSSR count). The Balaban J connectivity index is 2.07. The van der Waals surface area contributed by atoms with Gasteiger partial charge in [0.25, 0.3) is 0 Å². The predicted octanol–water partition coefficient (Wildman–Crippen LogP) is 0.986. The lowest BCUT2D eigenvalue weighted by Gasteiger charge is -2.35. The summed E-state index contributed by atoms with van der Waals surface area (Å²) in [5.74, 6) is 0.890. The Hall–Kier alpha value is -1.49. The number of halogens is 1. The molecule has 2 N–H and O–H groups in total. The SMILES string of the molecule is CC(=O)N1CCN(c2cc(N)cc(Cl)n2)CC1. The molecule has 1 aliphatic rings. The van der Waals surface area contributed by atoms with E-state index in [4.69, 9.17) is 17.3 Å². The van der Waals surface area contributed by atoms with E-state index in [2.05, 4.69) is 9.88 Å². The number of nitrogen functional groups attached to an aromatic ring is 1. The molecule has 92 valence electrons. The highest BCUT2D eigenvalue weighted by atomic mass is 35.5. The Kier molecular flexibility index (Phi) is 3.38. The number of nitrogens with zero attached hydrogens (tertiary/aromatic N) is 3. The fourth-order valence-corrected chi connectivity index (χ4v) is 2.13. The summed E-state index contributed by atoms with van der Waals surface area (Å²) in [6.07, 6.45) is 0. The maximum absolute atomic E-state index is 11.2. The number of carbonyl (C=O) groups excluding carboxylic acids is 1. The van der Waals surface area contributed by atoms with Gasteiger partial charge in [0, 0.05) is 44.9 Å². The first kappa shape index (κ1) is 12.0. The van der Waals surface area contributed by atoms with Crippen molar-refractivity contribution in [3.63, 3.8) is 0 Å². The van der Waals surface area contributed by atoms with Crippen LogP contribution >= 0.6 is 11.6 Å². The zero-order chi connectivity index (χ0) is 12.4. The van der Waals surface area contributed by atoms with Gasteiger partial charge in [0.15, 0.2) is 0 Å². The summed E-state index contributed by atoms with van der Waals surface area (Å²) in [5, 5.41) is 0.397. The van der Waals surface area contributed by atoms with Crippen molar-refractivity contribution in [2.45, 2.75) is 6.92 Å². The molecule has 1 aliphatic heterocycles. The van der Waals surface area contributed by atoms with Gasteiger partial charge in [-0.25, -0.2) is 4.98 Å². The number of amides is 1. The normalized spacial score (nSPS) is 16.1. The molecular formula is C11H15ClN4O. The minimum atomic E-state index is 0.114. The number of hydrogen-bond acceptors (Lipinski definition) is 4. The van der Waals surface area contributed by atoms with Crippen LogP contribution in [0, 0.1) is 0 Å². The number of aromatic nitrogens is 1. The zero-order valence-electron chi connectivity index (χ0n) is 9.69. The van der Waals surface area contributed by atoms with Crippen LogP contribution in [0.1, 0.15) is 6.92 Å². The highest BCUT2D eigenvalue weighted by Crippen LogP contribution is 2.20. The maximum Gasteiger partial charge on any atom is 0.219 e. The molecule has 0 spiro atoms. The first-order valence-corrected chi connectivity index (χ1v) is 5.87. The van der Waals surface area contributed by atoms with Gasteiger partial charge in [-0.3, -0.25) is 4.79 Å². The average Bonchev–Trinajstić information content (AvgIpc) is 2.28. The lowest BCUT2D eigenvalue weighted by molar-refractivity contribution is -0.129. The fraction of sp³-hybridized carbons (Fsp3) is 0.455. The minimum absolute atomic E-state index is 0.114. The van der Waals surface area contributed by atoms with E-state index in [0.717, 1.165) is 18.9 Å². The van der Waals surface area contributed by atoms with E-state index in [1.54, 1.807) is 19.1 Å². The Labute approximate surface area is 105 Å². The lowest BCUT2D eigenvalue weighted by atomic mass is 10.3. The van der Waals surface area contributed by atoms with Crippen molar-refractivity contribution in [2.24, 2.45) is 0 Å². The summed E-state index contributed by atoms with van der Waals surface area (Å²) >= 11 is 5.87. The van der Waals surface area contributed by atoms with Gasteiger partial charge in [0.1, 0.15) is 11.0 Å². The summed E-state index contributed by atoms with van der Waals surface area (Å²) in [6.45, 7) is 4.52. The number of piperazine rings is 1. The zero-order valence-corrected chi connectivity index (χ0v) is 10.4. The van der Waals surface area contributed by atoms with Gasteiger partial charge in [-0.15, -0.1) is 0 Å². The molecule has 0 unspecified atom stereocenters. The second-order valence-electron chi connectivity index (χ2n) is 4.07. The van der Waals surface area contributed by atoms with Crippen molar-refractivity contribution in [3.8, 4) is 0 Å². The molecule has 2 heterocycles. The molecule has 1 aromatic heterocycles. The molecule has 1 aromatic rings. The van der Waals surface area contributed by atoms with Gasteiger partial charge in [-0.2, -0.15) is 0 Å². The highest BCUT2D eigenvalue weighted by molar-refractivity contribution is 6.29. The quantitative estimate of drug-likeness (QED) is 0.759. The molecule has 0 radical (unpaired) electrons. The smallest absolute Gasteiger partial charge is 0.219 e. The van der Waals surface area contributed by atoms with E-state index in [9.17, 15) is 4.79 Å². The van der Waals surface area contributed by atoms with Gasteiger partial charge in [0.2, 0.25) is 5.91 Å². The number of nitrogens with two attached hydrogens (primary N) is 1. The van der Waals surface area contributed by atoms with Gasteiger partial charge in [0.05, 0.1) is 0 Å². The first-order chi connectivity index (χ1) is 8.06. The van der Waals surface area contributed by atoms with E-state index < -0.39 is 0 Å². The van der Waals surface area contributed by atoms with Crippen LogP contribution in [-0.2, 0) is 4.79 Å². The second-order valence-corrected chi connectivity index (χ2v) is 4.46. The van der Waals surface area contributed by atoms with Crippen molar-refractivity contribution >= 4 is 29.0 Å². The van der Waals surface area contributed by atoms with Crippen molar-refractivity contribution in [1.82, 2.24) is 9.88 Å². The molecule has 1 amide bonds. The summed E-state index contributed by atoms with van der Waals surface area (Å²) in [5.41, 5.74) is 6.33. The number of hydrogen-bond donors (Lipinski definition) is 1. The lowest BCUT2D eigenvalue weighted by Crippen LogP contribution is -2.48. The Morgan fingerprint density at radius 3 is 2.53 bits per heavy atom. The predicted molar refractivity (Wildman–Crippen MR) is 68.1 cm³/mol. The van der Waals surface area contributed by atoms with Gasteiger partial charge in [-0.1, -0.05) is 11.6 Å². The number of pyridine rings is 1. The van der Waals surface area contributed by atoms with Crippen LogP contribution in [0.4, 0.5) is 11.5 Å². The molecular weight excluding hydrogens is 240 g/mol. The Morgan fingerprint density at radius 2 is 2.00 bits per heavy atom. The van der Waals surface area contributed by atoms with Crippen LogP contribution in [-0.4, -0.2) is 42.0 Å². The van der Waals surface area contributed by atoms with Crippen LogP contribution < -0.4 is 10.6 Å². The molecule has 1 fully saturated rings. The van der Waals surface area contributed by atoms with Gasteiger partial charge >= 0.3 is 0 Å². The Morgan fingerprint density at radius 1 is 1.35 bits per heavy atom. The molecule has 0 bridgehead atoms. The molecule has 0 atom stereocenters. The molecule has 5 nitrogen and oxygen atoms in total. The number of rotatable bonds is 1. The van der Waals surface area contributed by atoms with Gasteiger partial charge in [-0.05, 0) is 6.07 Å². The maximum atomic E-state index is 11.2. The molecule has 6 heteroatoms. The van der Waals surface area contributed by atoms with Crippen LogP contribution in [0.25, 0.3) is 0 Å². The Bertz CT molecular complexity index is 409. The van der Waals surface area contributed by atoms with E-state index in [-0.39, 0.29) is 5.91 Å². The van der Waals surface area contributed by atoms with Crippen LogP contribution in [0.15, 0.2) is 12.1 Å². The molecule has 0 aliphatic carbocycles. The number of carbonyl (C=O) groups is 1. The average molecular weight is 255 g/mol. The molecule has 1 saturated heterocycles. The molecule has 0 aromatic carbocycles. The molecule has 0 saturated carbocycles. The van der Waals surface area contributed by atoms with Crippen LogP contribution in [0.2, 0.25) is 5.15 Å². The van der Waals surface area contributed by atoms with E-state index in [1.165, 1.54) is 0 Å². The van der Waals surface area contributed by atoms with Crippen molar-refractivity contribution in [2.75, 3.05) is 36.8 Å². The highest BCUT2D eigenvalue weighted by Gasteiger charge is 2.19. The third-order valence-electron chi connectivity index (χ3n) is 2.85. The van der Waals surface area contributed by atoms with Crippen LogP contribution in [0.5, 0.6) is 0 Å². The van der Waals surface area contributed by atoms with E-state index in [0.29, 0.717) is 23.9 Å². The third kappa shape index (κ3) is 2.79. The minimum Gasteiger partial charge on any atom is -0.399 e. The number of anilines is 2. The van der Waals surface area contributed by atoms with Crippen LogP contribution in [0.3, 0.4) is 0 Å². The largest absolute Gasteiger partial charge is 0.399 e. The van der Waals surface area contributed by atoms with Gasteiger partial charge < -0.3 is 15.5 Å². The summed E-state index contributed by atoms with van der Waals surface area (Å²) in [4.78, 5) is 19.3. The summed E-state index contributed by atoms with van der Waals surface area (Å²) < 4.78 is 0. The molecule has 17 heavy (non-hydrogen) atoms. The summed E-state index contributed by atoms with van der Waals surface area (Å²) in [6, 6.07) is 3.42.